The molecular formula is C23H19FN4O3S2. The summed E-state index contributed by atoms with van der Waals surface area (Å²) in [5.74, 6) is -0.566. The van der Waals surface area contributed by atoms with Crippen LogP contribution >= 0.6 is 23.1 Å². The molecule has 4 rings (SSSR count). The highest BCUT2D eigenvalue weighted by atomic mass is 32.2. The van der Waals surface area contributed by atoms with Crippen molar-refractivity contribution in [2.75, 3.05) is 5.75 Å². The molecule has 4 aromatic rings. The molecule has 0 saturated heterocycles. The van der Waals surface area contributed by atoms with Crippen molar-refractivity contribution in [3.63, 3.8) is 0 Å². The average Bonchev–Trinajstić information content (AvgIpc) is 3.10. The molecule has 2 aromatic heterocycles. The molecule has 0 aliphatic rings. The van der Waals surface area contributed by atoms with Crippen molar-refractivity contribution in [2.24, 2.45) is 5.73 Å². The second-order valence-electron chi connectivity index (χ2n) is 7.10. The van der Waals surface area contributed by atoms with Gasteiger partial charge in [0.15, 0.2) is 5.16 Å². The van der Waals surface area contributed by atoms with Gasteiger partial charge in [0.1, 0.15) is 10.6 Å². The van der Waals surface area contributed by atoms with E-state index in [1.165, 1.54) is 39.8 Å². The lowest BCUT2D eigenvalue weighted by atomic mass is 10.0. The first kappa shape index (κ1) is 22.7. The predicted molar refractivity (Wildman–Crippen MR) is 128 cm³/mol. The Bertz CT molecular complexity index is 1400. The summed E-state index contributed by atoms with van der Waals surface area (Å²) in [6.07, 6.45) is 0.0284. The Labute approximate surface area is 196 Å². The normalized spacial score (nSPS) is 11.0. The van der Waals surface area contributed by atoms with E-state index in [0.717, 1.165) is 16.0 Å². The Morgan fingerprint density at radius 1 is 1.15 bits per heavy atom. The summed E-state index contributed by atoms with van der Waals surface area (Å²) in [5, 5.41) is 2.91. The lowest BCUT2D eigenvalue weighted by Crippen LogP contribution is -2.35. The Balaban J connectivity index is 1.83. The first-order valence-electron chi connectivity index (χ1n) is 9.94. The maximum atomic E-state index is 13.8. The molecule has 0 atom stereocenters. The van der Waals surface area contributed by atoms with Gasteiger partial charge in [-0.15, -0.1) is 11.3 Å². The van der Waals surface area contributed by atoms with Crippen molar-refractivity contribution >= 4 is 45.3 Å². The fourth-order valence-corrected chi connectivity index (χ4v) is 5.48. The van der Waals surface area contributed by atoms with Gasteiger partial charge in [0.05, 0.1) is 11.1 Å². The first-order valence-corrected chi connectivity index (χ1v) is 11.7. The third-order valence-corrected chi connectivity index (χ3v) is 6.78. The van der Waals surface area contributed by atoms with Crippen LogP contribution in [0.4, 0.5) is 9.18 Å². The summed E-state index contributed by atoms with van der Waals surface area (Å²) in [6, 6.07) is 14.2. The number of halogens is 1. The van der Waals surface area contributed by atoms with Crippen molar-refractivity contribution in [3.8, 4) is 16.8 Å². The van der Waals surface area contributed by atoms with Crippen LogP contribution in [0.2, 0.25) is 0 Å². The molecule has 0 aliphatic heterocycles. The summed E-state index contributed by atoms with van der Waals surface area (Å²) < 4.78 is 15.0. The molecular weight excluding hydrogens is 463 g/mol. The quantitative estimate of drug-likeness (QED) is 0.316. The number of nitrogens with one attached hydrogen (secondary N) is 1. The molecule has 0 unspecified atom stereocenters. The van der Waals surface area contributed by atoms with E-state index >= 15 is 0 Å². The standard InChI is InChI=1S/C23H19FN4O3S2/c1-13-18(14-7-9-15(24)10-8-14)19-20(33-13)27-23(32-12-11-17(29)26-22(25)31)28(21(19)30)16-5-3-2-4-6-16/h2-10H,11-12H2,1H3,(H3,25,26,29,31). The molecule has 7 nitrogen and oxygen atoms in total. The van der Waals surface area contributed by atoms with Crippen LogP contribution in [0.25, 0.3) is 27.0 Å². The Hall–Kier alpha value is -3.50. The minimum absolute atomic E-state index is 0.0284. The first-order chi connectivity index (χ1) is 15.8. The molecule has 0 radical (unpaired) electrons. The number of aryl methyl sites for hydroxylation is 1. The van der Waals surface area contributed by atoms with Gasteiger partial charge in [-0.2, -0.15) is 0 Å². The van der Waals surface area contributed by atoms with Crippen LogP contribution in [0.3, 0.4) is 0 Å². The van der Waals surface area contributed by atoms with Crippen molar-refractivity contribution in [1.29, 1.82) is 0 Å². The summed E-state index contributed by atoms with van der Waals surface area (Å²) >= 11 is 2.62. The molecule has 3 amide bonds. The fraction of sp³-hybridized carbons (Fsp3) is 0.130. The minimum Gasteiger partial charge on any atom is -0.351 e. The largest absolute Gasteiger partial charge is 0.351 e. The van der Waals surface area contributed by atoms with E-state index in [4.69, 9.17) is 10.7 Å². The van der Waals surface area contributed by atoms with Gasteiger partial charge in [0.2, 0.25) is 5.91 Å². The Morgan fingerprint density at radius 2 is 1.85 bits per heavy atom. The Kier molecular flexibility index (Phi) is 6.57. The maximum absolute atomic E-state index is 13.8. The smallest absolute Gasteiger partial charge is 0.318 e. The van der Waals surface area contributed by atoms with Gasteiger partial charge in [-0.3, -0.25) is 19.5 Å². The number of hydrogen-bond acceptors (Lipinski definition) is 6. The van der Waals surface area contributed by atoms with Crippen LogP contribution in [0.1, 0.15) is 11.3 Å². The van der Waals surface area contributed by atoms with Gasteiger partial charge in [-0.1, -0.05) is 42.1 Å². The van der Waals surface area contributed by atoms with Crippen molar-refractivity contribution < 1.29 is 14.0 Å². The van der Waals surface area contributed by atoms with Gasteiger partial charge in [0, 0.05) is 22.6 Å². The third kappa shape index (κ3) is 4.81. The number of rotatable bonds is 6. The number of nitrogens with zero attached hydrogens (tertiary/aromatic N) is 2. The zero-order valence-corrected chi connectivity index (χ0v) is 19.1. The zero-order valence-electron chi connectivity index (χ0n) is 17.5. The number of carbonyl (C=O) groups is 2. The molecule has 0 fully saturated rings. The SMILES string of the molecule is Cc1sc2nc(SCCC(=O)NC(N)=O)n(-c3ccccc3)c(=O)c2c1-c1ccc(F)cc1. The highest BCUT2D eigenvalue weighted by molar-refractivity contribution is 7.99. The molecule has 2 heterocycles. The van der Waals surface area contributed by atoms with Gasteiger partial charge >= 0.3 is 6.03 Å². The number of benzene rings is 2. The number of thiophene rings is 1. The highest BCUT2D eigenvalue weighted by Crippen LogP contribution is 2.37. The monoisotopic (exact) mass is 482 g/mol. The lowest BCUT2D eigenvalue weighted by molar-refractivity contribution is -0.119. The molecule has 10 heteroatoms. The molecule has 168 valence electrons. The summed E-state index contributed by atoms with van der Waals surface area (Å²) in [7, 11) is 0. The van der Waals surface area contributed by atoms with Gasteiger partial charge < -0.3 is 5.73 Å². The maximum Gasteiger partial charge on any atom is 0.318 e. The molecule has 3 N–H and O–H groups in total. The number of fused-ring (bicyclic) bond motifs is 1. The van der Waals surface area contributed by atoms with E-state index in [2.05, 4.69) is 0 Å². The van der Waals surface area contributed by atoms with E-state index in [1.54, 1.807) is 24.3 Å². The van der Waals surface area contributed by atoms with E-state index in [9.17, 15) is 18.8 Å². The average molecular weight is 483 g/mol. The number of primary amides is 1. The van der Waals surface area contributed by atoms with Crippen molar-refractivity contribution in [3.05, 3.63) is 75.6 Å². The van der Waals surface area contributed by atoms with E-state index < -0.39 is 11.9 Å². The predicted octanol–water partition coefficient (Wildman–Crippen LogP) is 4.24. The van der Waals surface area contributed by atoms with Crippen LogP contribution in [-0.2, 0) is 4.79 Å². The van der Waals surface area contributed by atoms with Crippen LogP contribution in [-0.4, -0.2) is 27.2 Å². The summed E-state index contributed by atoms with van der Waals surface area (Å²) in [4.78, 5) is 42.6. The fourth-order valence-electron chi connectivity index (χ4n) is 3.44. The summed E-state index contributed by atoms with van der Waals surface area (Å²) in [5.41, 5.74) is 6.83. The van der Waals surface area contributed by atoms with Crippen molar-refractivity contribution in [2.45, 2.75) is 18.5 Å². The lowest BCUT2D eigenvalue weighted by Gasteiger charge is -2.12. The van der Waals surface area contributed by atoms with Crippen LogP contribution < -0.4 is 16.6 Å². The van der Waals surface area contributed by atoms with Crippen LogP contribution in [0.5, 0.6) is 0 Å². The van der Waals surface area contributed by atoms with Crippen LogP contribution in [0.15, 0.2) is 64.5 Å². The second kappa shape index (κ2) is 9.55. The molecule has 0 spiro atoms. The van der Waals surface area contributed by atoms with Crippen molar-refractivity contribution in [1.82, 2.24) is 14.9 Å². The molecule has 0 saturated carbocycles. The number of urea groups is 1. The number of carbonyl (C=O) groups excluding carboxylic acids is 2. The topological polar surface area (TPSA) is 107 Å². The number of amides is 3. The second-order valence-corrected chi connectivity index (χ2v) is 9.37. The third-order valence-electron chi connectivity index (χ3n) is 4.84. The number of para-hydroxylation sites is 1. The number of imide groups is 1. The van der Waals surface area contributed by atoms with Gasteiger partial charge in [-0.25, -0.2) is 14.2 Å². The number of aromatic nitrogens is 2. The van der Waals surface area contributed by atoms with E-state index in [1.807, 2.05) is 30.4 Å². The van der Waals surface area contributed by atoms with Gasteiger partial charge in [0.25, 0.3) is 5.56 Å². The van der Waals surface area contributed by atoms with E-state index in [0.29, 0.717) is 26.8 Å². The number of thioether (sulfide) groups is 1. The molecule has 0 aliphatic carbocycles. The minimum atomic E-state index is -0.909. The molecule has 2 aromatic carbocycles. The van der Waals surface area contributed by atoms with Gasteiger partial charge in [-0.05, 0) is 36.8 Å². The zero-order chi connectivity index (χ0) is 23.5. The van der Waals surface area contributed by atoms with E-state index in [-0.39, 0.29) is 17.8 Å². The summed E-state index contributed by atoms with van der Waals surface area (Å²) in [6.45, 7) is 1.90. The number of hydrogen-bond donors (Lipinski definition) is 2. The number of nitrogens with two attached hydrogens (primary N) is 1. The highest BCUT2D eigenvalue weighted by Gasteiger charge is 2.21. The van der Waals surface area contributed by atoms with Crippen LogP contribution in [0, 0.1) is 12.7 Å². The Morgan fingerprint density at radius 3 is 2.52 bits per heavy atom. The molecule has 33 heavy (non-hydrogen) atoms. The molecule has 0 bridgehead atoms.